The lowest BCUT2D eigenvalue weighted by Crippen LogP contribution is -2.27. The van der Waals surface area contributed by atoms with E-state index in [-0.39, 0.29) is 40.3 Å². The van der Waals surface area contributed by atoms with Gasteiger partial charge < -0.3 is 14.9 Å². The molecule has 2 aromatic rings. The van der Waals surface area contributed by atoms with Crippen LogP contribution in [0.3, 0.4) is 0 Å². The molecule has 0 bridgehead atoms. The molecule has 2 aliphatic carbocycles. The number of sulfone groups is 1. The highest BCUT2D eigenvalue weighted by Crippen LogP contribution is 2.50. The molecule has 6 nitrogen and oxygen atoms in total. The van der Waals surface area contributed by atoms with Gasteiger partial charge in [-0.25, -0.2) is 8.42 Å². The van der Waals surface area contributed by atoms with Gasteiger partial charge in [0.2, 0.25) is 0 Å². The molecule has 2 aliphatic rings. The maximum Gasteiger partial charge on any atom is 0.175 e. The first-order valence-corrected chi connectivity index (χ1v) is 12.1. The first kappa shape index (κ1) is 20.5. The lowest BCUT2D eigenvalue weighted by Gasteiger charge is -2.33. The molecule has 158 valence electrons. The number of nitrogens with zero attached hydrogens (tertiary/aromatic N) is 1. The molecule has 2 N–H and O–H groups in total. The third kappa shape index (κ3) is 3.97. The van der Waals surface area contributed by atoms with E-state index in [1.165, 1.54) is 18.2 Å². The summed E-state index contributed by atoms with van der Waals surface area (Å²) in [5.74, 6) is 0.939. The third-order valence-electron chi connectivity index (χ3n) is 6.40. The van der Waals surface area contributed by atoms with Crippen molar-refractivity contribution in [3.8, 4) is 23.3 Å². The molecule has 1 fully saturated rings. The third-order valence-corrected chi connectivity index (χ3v) is 7.53. The van der Waals surface area contributed by atoms with Gasteiger partial charge in [0.25, 0.3) is 0 Å². The summed E-state index contributed by atoms with van der Waals surface area (Å²) in [7, 11) is -3.30. The van der Waals surface area contributed by atoms with E-state index < -0.39 is 9.84 Å². The van der Waals surface area contributed by atoms with E-state index in [0.29, 0.717) is 12.2 Å². The molecule has 2 aromatic carbocycles. The van der Waals surface area contributed by atoms with Crippen LogP contribution in [0.4, 0.5) is 0 Å². The summed E-state index contributed by atoms with van der Waals surface area (Å²) < 4.78 is 29.8. The lowest BCUT2D eigenvalue weighted by molar-refractivity contribution is 0.0854. The fourth-order valence-corrected chi connectivity index (χ4v) is 5.55. The summed E-state index contributed by atoms with van der Waals surface area (Å²) in [6.45, 7) is 0. The number of phenolic OH excluding ortho intramolecular Hbond substituents is 2. The van der Waals surface area contributed by atoms with Gasteiger partial charge in [-0.3, -0.25) is 0 Å². The zero-order valence-electron chi connectivity index (χ0n) is 16.8. The quantitative estimate of drug-likeness (QED) is 0.760. The summed E-state index contributed by atoms with van der Waals surface area (Å²) in [5, 5.41) is 29.8. The average Bonchev–Trinajstić information content (AvgIpc) is 3.06. The Morgan fingerprint density at radius 3 is 2.53 bits per heavy atom. The molecule has 7 heteroatoms. The van der Waals surface area contributed by atoms with E-state index in [1.807, 2.05) is 0 Å². The molecule has 0 aliphatic heterocycles. The highest BCUT2D eigenvalue weighted by Gasteiger charge is 2.42. The van der Waals surface area contributed by atoms with Crippen molar-refractivity contribution in [3.05, 3.63) is 47.5 Å². The van der Waals surface area contributed by atoms with Crippen molar-refractivity contribution in [2.45, 2.75) is 43.1 Å². The number of nitriles is 1. The Labute approximate surface area is 176 Å². The standard InChI is InChI=1S/C23H25NO5S/c1-30(27,28)18-7-5-17(6-8-18)29-23-19(15-4-2-3-14(9-15)13-24)12-20-21(23)10-16(25)11-22(20)26/h5-8,10-11,14-15,19,23,25-26H,2-4,9,12H2,1H3. The van der Waals surface area contributed by atoms with Gasteiger partial charge in [-0.05, 0) is 61.9 Å². The van der Waals surface area contributed by atoms with Gasteiger partial charge in [-0.15, -0.1) is 0 Å². The molecule has 4 unspecified atom stereocenters. The van der Waals surface area contributed by atoms with E-state index >= 15 is 0 Å². The minimum atomic E-state index is -3.30. The topological polar surface area (TPSA) is 108 Å². The first-order chi connectivity index (χ1) is 14.3. The smallest absolute Gasteiger partial charge is 0.175 e. The molecule has 0 saturated heterocycles. The Morgan fingerprint density at radius 2 is 1.87 bits per heavy atom. The molecule has 0 radical (unpaired) electrons. The van der Waals surface area contributed by atoms with Crippen LogP contribution in [-0.2, 0) is 16.3 Å². The molecule has 0 spiro atoms. The first-order valence-electron chi connectivity index (χ1n) is 10.2. The van der Waals surface area contributed by atoms with Crippen LogP contribution in [-0.4, -0.2) is 24.9 Å². The molecule has 1 saturated carbocycles. The molecule has 4 rings (SSSR count). The maximum absolute atomic E-state index is 11.7. The number of phenols is 2. The number of fused-ring (bicyclic) bond motifs is 1. The fourth-order valence-electron chi connectivity index (χ4n) is 4.92. The van der Waals surface area contributed by atoms with Crippen LogP contribution >= 0.6 is 0 Å². The summed E-state index contributed by atoms with van der Waals surface area (Å²) in [5.41, 5.74) is 1.53. The zero-order valence-corrected chi connectivity index (χ0v) is 17.6. The number of hydrogen-bond acceptors (Lipinski definition) is 6. The van der Waals surface area contributed by atoms with Gasteiger partial charge in [0.1, 0.15) is 23.4 Å². The zero-order chi connectivity index (χ0) is 21.5. The van der Waals surface area contributed by atoms with Crippen LogP contribution in [0.15, 0.2) is 41.3 Å². The van der Waals surface area contributed by atoms with Gasteiger partial charge in [0, 0.05) is 35.3 Å². The normalized spacial score (nSPS) is 26.0. The molecular weight excluding hydrogens is 402 g/mol. The summed E-state index contributed by atoms with van der Waals surface area (Å²) in [4.78, 5) is 0.220. The van der Waals surface area contributed by atoms with Crippen molar-refractivity contribution in [1.29, 1.82) is 5.26 Å². The molecule has 30 heavy (non-hydrogen) atoms. The minimum Gasteiger partial charge on any atom is -0.508 e. The Hall–Kier alpha value is -2.72. The van der Waals surface area contributed by atoms with Crippen LogP contribution in [0.2, 0.25) is 0 Å². The predicted molar refractivity (Wildman–Crippen MR) is 111 cm³/mol. The maximum atomic E-state index is 11.7. The second kappa shape index (κ2) is 7.84. The van der Waals surface area contributed by atoms with Crippen LogP contribution in [0.1, 0.15) is 42.9 Å². The van der Waals surface area contributed by atoms with Crippen molar-refractivity contribution in [2.75, 3.05) is 6.26 Å². The Balaban J connectivity index is 1.67. The number of ether oxygens (including phenoxy) is 1. The summed E-state index contributed by atoms with van der Waals surface area (Å²) in [6.07, 6.45) is 5.10. The molecule has 0 amide bonds. The molecule has 4 atom stereocenters. The second-order valence-corrected chi connectivity index (χ2v) is 10.5. The Bertz CT molecular complexity index is 1090. The minimum absolute atomic E-state index is 0.0218. The Kier molecular flexibility index (Phi) is 5.37. The summed E-state index contributed by atoms with van der Waals surface area (Å²) in [6, 6.07) is 11.7. The number of aromatic hydroxyl groups is 2. The van der Waals surface area contributed by atoms with Gasteiger partial charge >= 0.3 is 0 Å². The number of benzene rings is 2. The monoisotopic (exact) mass is 427 g/mol. The second-order valence-electron chi connectivity index (χ2n) is 8.44. The molecule has 0 heterocycles. The van der Waals surface area contributed by atoms with E-state index in [0.717, 1.165) is 43.1 Å². The highest BCUT2D eigenvalue weighted by atomic mass is 32.2. The van der Waals surface area contributed by atoms with Gasteiger partial charge in [0.05, 0.1) is 11.0 Å². The SMILES string of the molecule is CS(=O)(=O)c1ccc(OC2c3cc(O)cc(O)c3CC2C2CCCC(C#N)C2)cc1. The van der Waals surface area contributed by atoms with Gasteiger partial charge in [-0.1, -0.05) is 6.42 Å². The van der Waals surface area contributed by atoms with Crippen molar-refractivity contribution in [2.24, 2.45) is 17.8 Å². The van der Waals surface area contributed by atoms with Gasteiger partial charge in [0.15, 0.2) is 9.84 Å². The van der Waals surface area contributed by atoms with Crippen LogP contribution < -0.4 is 4.74 Å². The largest absolute Gasteiger partial charge is 0.508 e. The van der Waals surface area contributed by atoms with Crippen molar-refractivity contribution in [3.63, 3.8) is 0 Å². The highest BCUT2D eigenvalue weighted by molar-refractivity contribution is 7.90. The van der Waals surface area contributed by atoms with Crippen molar-refractivity contribution in [1.82, 2.24) is 0 Å². The summed E-state index contributed by atoms with van der Waals surface area (Å²) >= 11 is 0. The van der Waals surface area contributed by atoms with E-state index in [4.69, 9.17) is 4.74 Å². The van der Waals surface area contributed by atoms with Crippen molar-refractivity contribution >= 4 is 9.84 Å². The van der Waals surface area contributed by atoms with Crippen LogP contribution in [0.5, 0.6) is 17.2 Å². The van der Waals surface area contributed by atoms with Crippen molar-refractivity contribution < 1.29 is 23.4 Å². The van der Waals surface area contributed by atoms with E-state index in [2.05, 4.69) is 6.07 Å². The lowest BCUT2D eigenvalue weighted by atomic mass is 9.73. The fraction of sp³-hybridized carbons (Fsp3) is 0.435. The number of rotatable bonds is 4. The van der Waals surface area contributed by atoms with E-state index in [9.17, 15) is 23.9 Å². The molecular formula is C23H25NO5S. The molecule has 0 aromatic heterocycles. The predicted octanol–water partition coefficient (Wildman–Crippen LogP) is 4.12. The van der Waals surface area contributed by atoms with E-state index in [1.54, 1.807) is 18.2 Å². The average molecular weight is 428 g/mol. The van der Waals surface area contributed by atoms with Crippen LogP contribution in [0, 0.1) is 29.1 Å². The Morgan fingerprint density at radius 1 is 1.13 bits per heavy atom. The van der Waals surface area contributed by atoms with Gasteiger partial charge in [-0.2, -0.15) is 5.26 Å². The number of hydrogen-bond donors (Lipinski definition) is 2. The van der Waals surface area contributed by atoms with Crippen LogP contribution in [0.25, 0.3) is 0 Å².